The van der Waals surface area contributed by atoms with Crippen molar-refractivity contribution >= 4 is 22.7 Å². The second-order valence-corrected chi connectivity index (χ2v) is 9.30. The van der Waals surface area contributed by atoms with Crippen molar-refractivity contribution in [3.63, 3.8) is 0 Å². The van der Waals surface area contributed by atoms with Gasteiger partial charge in [0.05, 0.1) is 0 Å². The molecule has 0 saturated heterocycles. The summed E-state index contributed by atoms with van der Waals surface area (Å²) in [6, 6.07) is 18.3. The van der Waals surface area contributed by atoms with Crippen molar-refractivity contribution in [3.8, 4) is 22.3 Å². The highest BCUT2D eigenvalue weighted by molar-refractivity contribution is 7.87. The molecule has 0 bridgehead atoms. The van der Waals surface area contributed by atoms with E-state index in [1.165, 1.54) is 24.3 Å². The van der Waals surface area contributed by atoms with E-state index in [0.29, 0.717) is 0 Å². The first-order chi connectivity index (χ1) is 17.1. The largest absolute Gasteiger partial charge is 0.460 e. The normalized spacial score (nSPS) is 13.1. The van der Waals surface area contributed by atoms with E-state index in [-0.39, 0.29) is 11.6 Å². The molecule has 0 heterocycles. The molecule has 0 spiro atoms. The number of alkyl halides is 9. The maximum atomic E-state index is 13.1. The van der Waals surface area contributed by atoms with Gasteiger partial charge in [0, 0.05) is 10.5 Å². The zero-order chi connectivity index (χ0) is 29.3. The summed E-state index contributed by atoms with van der Waals surface area (Å²) in [5, 5.41) is -7.00. The van der Waals surface area contributed by atoms with E-state index >= 15 is 0 Å². The summed E-state index contributed by atoms with van der Waals surface area (Å²) in [6.45, 7) is 0. The van der Waals surface area contributed by atoms with Crippen LogP contribution in [0.2, 0.25) is 0 Å². The second kappa shape index (κ2) is 10.7. The Hall–Kier alpha value is -2.85. The van der Waals surface area contributed by atoms with Crippen LogP contribution in [0, 0.1) is 11.6 Å². The molecule has 0 aliphatic heterocycles. The lowest BCUT2D eigenvalue weighted by Crippen LogP contribution is -2.63. The molecule has 3 aromatic carbocycles. The van der Waals surface area contributed by atoms with Crippen LogP contribution in [0.3, 0.4) is 0 Å². The summed E-state index contributed by atoms with van der Waals surface area (Å²) in [7, 11) is -7.17. The van der Waals surface area contributed by atoms with Gasteiger partial charge in [-0.25, -0.2) is 8.78 Å². The number of thiol groups is 1. The first kappa shape index (κ1) is 31.4. The lowest BCUT2D eigenvalue weighted by molar-refractivity contribution is -0.382. The predicted molar refractivity (Wildman–Crippen MR) is 117 cm³/mol. The van der Waals surface area contributed by atoms with Gasteiger partial charge in [-0.05, 0) is 47.0 Å². The van der Waals surface area contributed by atoms with Crippen LogP contribution < -0.4 is 0 Å². The van der Waals surface area contributed by atoms with E-state index in [9.17, 15) is 56.7 Å². The van der Waals surface area contributed by atoms with Gasteiger partial charge < -0.3 is 0 Å². The molecule has 0 radical (unpaired) electrons. The first-order valence-electron chi connectivity index (χ1n) is 9.66. The Kier molecular flexibility index (Phi) is 8.85. The van der Waals surface area contributed by atoms with Crippen LogP contribution in [0.1, 0.15) is 0 Å². The average molecular weight is 598 g/mol. The third-order valence-corrected chi connectivity index (χ3v) is 6.05. The van der Waals surface area contributed by atoms with Gasteiger partial charge in [0.2, 0.25) is 0 Å². The zero-order valence-corrected chi connectivity index (χ0v) is 19.8. The summed E-state index contributed by atoms with van der Waals surface area (Å²) in [6.07, 6.45) is -7.13. The monoisotopic (exact) mass is 598 g/mol. The van der Waals surface area contributed by atoms with E-state index in [0.717, 1.165) is 27.1 Å². The summed E-state index contributed by atoms with van der Waals surface area (Å²) in [5.74, 6) is -15.3. The third-order valence-electron chi connectivity index (χ3n) is 4.77. The molecule has 0 aliphatic carbocycles. The van der Waals surface area contributed by atoms with Crippen LogP contribution >= 0.6 is 12.6 Å². The van der Waals surface area contributed by atoms with Crippen molar-refractivity contribution in [1.29, 1.82) is 0 Å². The van der Waals surface area contributed by atoms with Crippen LogP contribution in [-0.2, 0) is 10.1 Å². The van der Waals surface area contributed by atoms with Gasteiger partial charge in [-0.15, -0.1) is 12.6 Å². The predicted octanol–water partition coefficient (Wildman–Crippen LogP) is 7.89. The molecule has 0 saturated carbocycles. The topological polar surface area (TPSA) is 54.4 Å². The molecule has 0 atom stereocenters. The van der Waals surface area contributed by atoms with Gasteiger partial charge in [0.1, 0.15) is 11.6 Å². The standard InChI is InChI=1S/C18H12F2S.C4HF9O3S/c19-14-8-4-12(5-9-14)16-2-1-3-17(21)18(16)13-6-10-15(20)11-7-13;5-1(6,3(9,10)11)2(7,8)4(12,13)17(14,15)16/h1-11,21H;(H,14,15,16). The van der Waals surface area contributed by atoms with E-state index in [1.54, 1.807) is 24.3 Å². The van der Waals surface area contributed by atoms with Crippen molar-refractivity contribution < 1.29 is 61.3 Å². The van der Waals surface area contributed by atoms with Gasteiger partial charge in [0.15, 0.2) is 0 Å². The fourth-order valence-corrected chi connectivity index (χ4v) is 3.64. The SMILES string of the molecule is Fc1ccc(-c2cccc(S)c2-c2ccc(F)cc2)cc1.O=S(=O)(O)C(F)(F)C(F)(F)C(F)(F)C(F)(F)F. The van der Waals surface area contributed by atoms with Crippen LogP contribution in [-0.4, -0.2) is 36.2 Å². The van der Waals surface area contributed by atoms with Crippen molar-refractivity contribution in [3.05, 3.63) is 78.4 Å². The molecule has 38 heavy (non-hydrogen) atoms. The molecule has 0 unspecified atom stereocenters. The molecule has 0 fully saturated rings. The van der Waals surface area contributed by atoms with E-state index in [4.69, 9.17) is 4.55 Å². The third kappa shape index (κ3) is 6.07. The molecular weight excluding hydrogens is 585 g/mol. The number of hydrogen-bond acceptors (Lipinski definition) is 3. The molecule has 0 aliphatic rings. The van der Waals surface area contributed by atoms with E-state index in [2.05, 4.69) is 12.6 Å². The maximum absolute atomic E-state index is 13.1. The highest BCUT2D eigenvalue weighted by atomic mass is 32.2. The quantitative estimate of drug-likeness (QED) is 0.179. The highest BCUT2D eigenvalue weighted by Crippen LogP contribution is 2.54. The molecule has 3 nitrogen and oxygen atoms in total. The van der Waals surface area contributed by atoms with Gasteiger partial charge in [-0.3, -0.25) is 4.55 Å². The Morgan fingerprint density at radius 3 is 1.45 bits per heavy atom. The van der Waals surface area contributed by atoms with Crippen LogP contribution in [0.15, 0.2) is 71.6 Å². The molecule has 208 valence electrons. The van der Waals surface area contributed by atoms with Crippen molar-refractivity contribution in [2.45, 2.75) is 28.2 Å². The second-order valence-electron chi connectivity index (χ2n) is 7.35. The van der Waals surface area contributed by atoms with Crippen LogP contribution in [0.25, 0.3) is 22.3 Å². The number of benzene rings is 3. The Morgan fingerprint density at radius 1 is 0.632 bits per heavy atom. The summed E-state index contributed by atoms with van der Waals surface area (Å²) < 4.78 is 160. The van der Waals surface area contributed by atoms with Gasteiger partial charge in [0.25, 0.3) is 0 Å². The van der Waals surface area contributed by atoms with Crippen molar-refractivity contribution in [2.75, 3.05) is 0 Å². The van der Waals surface area contributed by atoms with Gasteiger partial charge in [-0.2, -0.15) is 47.9 Å². The minimum atomic E-state index is -7.37. The number of rotatable bonds is 5. The summed E-state index contributed by atoms with van der Waals surface area (Å²) in [5.41, 5.74) is 3.62. The Bertz CT molecular complexity index is 1370. The van der Waals surface area contributed by atoms with Gasteiger partial charge in [-0.1, -0.05) is 36.4 Å². The lowest BCUT2D eigenvalue weighted by Gasteiger charge is -2.31. The Balaban J connectivity index is 0.000000275. The van der Waals surface area contributed by atoms with Crippen molar-refractivity contribution in [2.24, 2.45) is 0 Å². The van der Waals surface area contributed by atoms with Crippen LogP contribution in [0.4, 0.5) is 48.3 Å². The Labute approximate surface area is 213 Å². The Morgan fingerprint density at radius 2 is 1.05 bits per heavy atom. The molecule has 3 rings (SSSR count). The number of halogens is 11. The van der Waals surface area contributed by atoms with E-state index < -0.39 is 33.4 Å². The van der Waals surface area contributed by atoms with Crippen molar-refractivity contribution in [1.82, 2.24) is 0 Å². The first-order valence-corrected chi connectivity index (χ1v) is 11.5. The molecule has 1 N–H and O–H groups in total. The van der Waals surface area contributed by atoms with E-state index in [1.807, 2.05) is 18.2 Å². The molecule has 16 heteroatoms. The van der Waals surface area contributed by atoms with Crippen LogP contribution in [0.5, 0.6) is 0 Å². The average Bonchev–Trinajstić information content (AvgIpc) is 2.79. The smallest absolute Gasteiger partial charge is 0.281 e. The lowest BCUT2D eigenvalue weighted by atomic mass is 9.94. The maximum Gasteiger partial charge on any atom is 0.460 e. The molecule has 0 aromatic heterocycles. The molecule has 0 amide bonds. The summed E-state index contributed by atoms with van der Waals surface area (Å²) in [4.78, 5) is 0.795. The molecule has 3 aromatic rings. The fraction of sp³-hybridized carbons (Fsp3) is 0.182. The molecular formula is C22H13F11O3S2. The minimum Gasteiger partial charge on any atom is -0.281 e. The summed E-state index contributed by atoms with van der Waals surface area (Å²) >= 11 is 4.51. The highest BCUT2D eigenvalue weighted by Gasteiger charge is 2.85. The van der Waals surface area contributed by atoms with Gasteiger partial charge >= 0.3 is 33.4 Å². The zero-order valence-electron chi connectivity index (χ0n) is 18.1. The fourth-order valence-electron chi connectivity index (χ4n) is 2.85. The number of hydrogen-bond donors (Lipinski definition) is 2. The minimum absolute atomic E-state index is 0.274.